The average molecular weight is 290 g/mol. The number of likely N-dealkylation sites (N-methyl/N-ethyl adjacent to an activating group) is 1. The standard InChI is InChI=1S/C17H20ClNO/c1-13-4-3-5-14(10-13)11-16(19-2)12-20-17-8-6-15(18)7-9-17/h3-10,16,19H,11-12H2,1-2H3. The van der Waals surface area contributed by atoms with Crippen LogP contribution in [0.15, 0.2) is 48.5 Å². The van der Waals surface area contributed by atoms with Crippen LogP contribution in [0.5, 0.6) is 5.75 Å². The minimum absolute atomic E-state index is 0.285. The molecule has 2 aromatic carbocycles. The van der Waals surface area contributed by atoms with E-state index in [1.54, 1.807) is 0 Å². The second kappa shape index (κ2) is 7.32. The highest BCUT2D eigenvalue weighted by atomic mass is 35.5. The molecule has 0 saturated heterocycles. The van der Waals surface area contributed by atoms with Crippen LogP contribution in [0.3, 0.4) is 0 Å². The molecular formula is C17H20ClNO. The lowest BCUT2D eigenvalue weighted by Crippen LogP contribution is -2.33. The number of hydrogen-bond donors (Lipinski definition) is 1. The third kappa shape index (κ3) is 4.55. The van der Waals surface area contributed by atoms with Crippen molar-refractivity contribution in [3.8, 4) is 5.75 Å². The number of aryl methyl sites for hydroxylation is 1. The Hall–Kier alpha value is -1.51. The molecular weight excluding hydrogens is 270 g/mol. The molecule has 0 saturated carbocycles. The molecule has 0 spiro atoms. The highest BCUT2D eigenvalue weighted by Gasteiger charge is 2.08. The third-order valence-electron chi connectivity index (χ3n) is 3.24. The predicted molar refractivity (Wildman–Crippen MR) is 84.7 cm³/mol. The van der Waals surface area contributed by atoms with Gasteiger partial charge < -0.3 is 10.1 Å². The van der Waals surface area contributed by atoms with Gasteiger partial charge in [-0.15, -0.1) is 0 Å². The van der Waals surface area contributed by atoms with E-state index in [0.717, 1.165) is 17.2 Å². The van der Waals surface area contributed by atoms with Crippen LogP contribution in [0.1, 0.15) is 11.1 Å². The van der Waals surface area contributed by atoms with Crippen LogP contribution >= 0.6 is 11.6 Å². The van der Waals surface area contributed by atoms with Crippen molar-refractivity contribution in [2.24, 2.45) is 0 Å². The summed E-state index contributed by atoms with van der Waals surface area (Å²) >= 11 is 5.86. The first-order chi connectivity index (χ1) is 9.67. The zero-order valence-corrected chi connectivity index (χ0v) is 12.7. The molecule has 0 aliphatic rings. The van der Waals surface area contributed by atoms with Crippen molar-refractivity contribution in [1.29, 1.82) is 0 Å². The lowest BCUT2D eigenvalue weighted by molar-refractivity contribution is 0.270. The number of nitrogens with one attached hydrogen (secondary N) is 1. The molecule has 2 rings (SSSR count). The summed E-state index contributed by atoms with van der Waals surface area (Å²) in [6.45, 7) is 2.74. The number of hydrogen-bond acceptors (Lipinski definition) is 2. The van der Waals surface area contributed by atoms with E-state index in [2.05, 4.69) is 36.5 Å². The van der Waals surface area contributed by atoms with Crippen LogP contribution in [-0.2, 0) is 6.42 Å². The molecule has 0 heterocycles. The number of benzene rings is 2. The lowest BCUT2D eigenvalue weighted by Gasteiger charge is -2.17. The maximum absolute atomic E-state index is 5.86. The fourth-order valence-corrected chi connectivity index (χ4v) is 2.22. The topological polar surface area (TPSA) is 21.3 Å². The van der Waals surface area contributed by atoms with Gasteiger partial charge in [-0.2, -0.15) is 0 Å². The number of ether oxygens (including phenoxy) is 1. The van der Waals surface area contributed by atoms with Gasteiger partial charge in [-0.1, -0.05) is 41.4 Å². The van der Waals surface area contributed by atoms with Crippen molar-refractivity contribution in [3.63, 3.8) is 0 Å². The van der Waals surface area contributed by atoms with E-state index in [9.17, 15) is 0 Å². The summed E-state index contributed by atoms with van der Waals surface area (Å²) in [4.78, 5) is 0. The van der Waals surface area contributed by atoms with Crippen LogP contribution < -0.4 is 10.1 Å². The highest BCUT2D eigenvalue weighted by molar-refractivity contribution is 6.30. The molecule has 0 aromatic heterocycles. The lowest BCUT2D eigenvalue weighted by atomic mass is 10.0. The summed E-state index contributed by atoms with van der Waals surface area (Å²) in [5.41, 5.74) is 2.61. The van der Waals surface area contributed by atoms with Gasteiger partial charge in [-0.25, -0.2) is 0 Å². The van der Waals surface area contributed by atoms with Gasteiger partial charge in [-0.05, 0) is 50.2 Å². The fraction of sp³-hybridized carbons (Fsp3) is 0.294. The van der Waals surface area contributed by atoms with Gasteiger partial charge in [0.2, 0.25) is 0 Å². The van der Waals surface area contributed by atoms with Crippen molar-refractivity contribution in [1.82, 2.24) is 5.32 Å². The van der Waals surface area contributed by atoms with E-state index >= 15 is 0 Å². The number of rotatable bonds is 6. The summed E-state index contributed by atoms with van der Waals surface area (Å²) < 4.78 is 5.80. The second-order valence-corrected chi connectivity index (χ2v) is 5.38. The van der Waals surface area contributed by atoms with Crippen LogP contribution in [0.4, 0.5) is 0 Å². The monoisotopic (exact) mass is 289 g/mol. The molecule has 1 unspecified atom stereocenters. The molecule has 1 atom stereocenters. The minimum Gasteiger partial charge on any atom is -0.492 e. The third-order valence-corrected chi connectivity index (χ3v) is 3.49. The first-order valence-corrected chi connectivity index (χ1v) is 7.16. The van der Waals surface area contributed by atoms with E-state index in [-0.39, 0.29) is 6.04 Å². The minimum atomic E-state index is 0.285. The predicted octanol–water partition coefficient (Wildman–Crippen LogP) is 3.86. The molecule has 106 valence electrons. The molecule has 3 heteroatoms. The Morgan fingerprint density at radius 1 is 1.15 bits per heavy atom. The summed E-state index contributed by atoms with van der Waals surface area (Å²) in [6, 6.07) is 16.3. The Kier molecular flexibility index (Phi) is 5.45. The summed E-state index contributed by atoms with van der Waals surface area (Å²) in [6.07, 6.45) is 0.950. The first kappa shape index (κ1) is 14.9. The van der Waals surface area contributed by atoms with Gasteiger partial charge in [0.05, 0.1) is 0 Å². The first-order valence-electron chi connectivity index (χ1n) is 6.78. The summed E-state index contributed by atoms with van der Waals surface area (Å²) in [7, 11) is 1.96. The largest absolute Gasteiger partial charge is 0.492 e. The molecule has 1 N–H and O–H groups in total. The van der Waals surface area contributed by atoms with Crippen molar-refractivity contribution in [2.75, 3.05) is 13.7 Å². The van der Waals surface area contributed by atoms with E-state index < -0.39 is 0 Å². The summed E-state index contributed by atoms with van der Waals surface area (Å²) in [5.74, 6) is 0.846. The Morgan fingerprint density at radius 2 is 1.90 bits per heavy atom. The highest BCUT2D eigenvalue weighted by Crippen LogP contribution is 2.16. The van der Waals surface area contributed by atoms with E-state index in [1.165, 1.54) is 11.1 Å². The van der Waals surface area contributed by atoms with Gasteiger partial charge in [0, 0.05) is 11.1 Å². The summed E-state index contributed by atoms with van der Waals surface area (Å²) in [5, 5.41) is 4.02. The van der Waals surface area contributed by atoms with Crippen LogP contribution in [-0.4, -0.2) is 19.7 Å². The molecule has 0 fully saturated rings. The zero-order chi connectivity index (χ0) is 14.4. The van der Waals surface area contributed by atoms with Crippen molar-refractivity contribution < 1.29 is 4.74 Å². The van der Waals surface area contributed by atoms with Gasteiger partial charge in [0.15, 0.2) is 0 Å². The fourth-order valence-electron chi connectivity index (χ4n) is 2.10. The Labute approximate surface area is 125 Å². The van der Waals surface area contributed by atoms with Gasteiger partial charge in [-0.3, -0.25) is 0 Å². The van der Waals surface area contributed by atoms with Crippen LogP contribution in [0, 0.1) is 6.92 Å². The molecule has 20 heavy (non-hydrogen) atoms. The maximum atomic E-state index is 5.86. The van der Waals surface area contributed by atoms with Crippen molar-refractivity contribution >= 4 is 11.6 Å². The molecule has 2 nitrogen and oxygen atoms in total. The van der Waals surface area contributed by atoms with Crippen molar-refractivity contribution in [2.45, 2.75) is 19.4 Å². The van der Waals surface area contributed by atoms with Gasteiger partial charge in [0.25, 0.3) is 0 Å². The molecule has 0 aliphatic heterocycles. The van der Waals surface area contributed by atoms with Gasteiger partial charge in [0.1, 0.15) is 12.4 Å². The molecule has 2 aromatic rings. The molecule has 0 radical (unpaired) electrons. The smallest absolute Gasteiger partial charge is 0.119 e. The van der Waals surface area contributed by atoms with E-state index in [1.807, 2.05) is 31.3 Å². The molecule has 0 bridgehead atoms. The Balaban J connectivity index is 1.90. The Morgan fingerprint density at radius 3 is 2.55 bits per heavy atom. The van der Waals surface area contributed by atoms with Crippen molar-refractivity contribution in [3.05, 3.63) is 64.7 Å². The molecule has 0 amide bonds. The molecule has 0 aliphatic carbocycles. The average Bonchev–Trinajstić information content (AvgIpc) is 2.45. The van der Waals surface area contributed by atoms with Gasteiger partial charge >= 0.3 is 0 Å². The van der Waals surface area contributed by atoms with Crippen LogP contribution in [0.25, 0.3) is 0 Å². The number of halogens is 1. The quantitative estimate of drug-likeness (QED) is 0.872. The zero-order valence-electron chi connectivity index (χ0n) is 11.9. The van der Waals surface area contributed by atoms with Crippen LogP contribution in [0.2, 0.25) is 5.02 Å². The normalized spacial score (nSPS) is 12.2. The van der Waals surface area contributed by atoms with E-state index in [4.69, 9.17) is 16.3 Å². The SMILES string of the molecule is CNC(COc1ccc(Cl)cc1)Cc1cccc(C)c1. The van der Waals surface area contributed by atoms with E-state index in [0.29, 0.717) is 6.61 Å². The maximum Gasteiger partial charge on any atom is 0.119 e. The second-order valence-electron chi connectivity index (χ2n) is 4.94. The Bertz CT molecular complexity index is 539.